The Balaban J connectivity index is 1.65. The lowest BCUT2D eigenvalue weighted by atomic mass is 10.00. The van der Waals surface area contributed by atoms with Crippen LogP contribution in [0, 0.1) is 0 Å². The Morgan fingerprint density at radius 1 is 1.24 bits per heavy atom. The van der Waals surface area contributed by atoms with Gasteiger partial charge in [-0.2, -0.15) is 0 Å². The van der Waals surface area contributed by atoms with Crippen molar-refractivity contribution in [3.63, 3.8) is 0 Å². The molecule has 0 amide bonds. The maximum absolute atomic E-state index is 13.0. The second kappa shape index (κ2) is 7.69. The van der Waals surface area contributed by atoms with Gasteiger partial charge in [0, 0.05) is 17.7 Å². The molecule has 3 aromatic rings. The van der Waals surface area contributed by atoms with Gasteiger partial charge in [-0.15, -0.1) is 11.3 Å². The first-order chi connectivity index (χ1) is 13.9. The lowest BCUT2D eigenvalue weighted by molar-refractivity contribution is 0.164. The van der Waals surface area contributed by atoms with Crippen LogP contribution in [0.15, 0.2) is 45.3 Å². The minimum atomic E-state index is -3.79. The van der Waals surface area contributed by atoms with Crippen molar-refractivity contribution in [2.24, 2.45) is 0 Å². The molecule has 29 heavy (non-hydrogen) atoms. The molecule has 4 rings (SSSR count). The summed E-state index contributed by atoms with van der Waals surface area (Å²) in [4.78, 5) is 2.79. The average Bonchev–Trinajstić information content (AvgIpc) is 3.39. The van der Waals surface area contributed by atoms with Crippen molar-refractivity contribution in [3.05, 3.63) is 42.2 Å². The molecule has 1 atom stereocenters. The predicted molar refractivity (Wildman–Crippen MR) is 110 cm³/mol. The van der Waals surface area contributed by atoms with Crippen molar-refractivity contribution in [2.45, 2.75) is 16.7 Å². The van der Waals surface area contributed by atoms with Crippen LogP contribution in [0.1, 0.15) is 5.56 Å². The molecule has 8 nitrogen and oxygen atoms in total. The molecule has 1 N–H and O–H groups in total. The molecule has 0 aliphatic carbocycles. The number of hydrogen-bond acceptors (Lipinski definition) is 8. The Kier molecular flexibility index (Phi) is 5.24. The van der Waals surface area contributed by atoms with Gasteiger partial charge in [-0.3, -0.25) is 4.72 Å². The molecule has 0 unspecified atom stereocenters. The van der Waals surface area contributed by atoms with Crippen molar-refractivity contribution < 1.29 is 22.4 Å². The summed E-state index contributed by atoms with van der Waals surface area (Å²) >= 11 is 1.12. The van der Waals surface area contributed by atoms with Gasteiger partial charge in [0.15, 0.2) is 0 Å². The van der Waals surface area contributed by atoms with Crippen molar-refractivity contribution in [2.75, 3.05) is 32.5 Å². The molecule has 0 bridgehead atoms. The van der Waals surface area contributed by atoms with Crippen LogP contribution in [0.5, 0.6) is 11.5 Å². The maximum Gasteiger partial charge on any atom is 0.271 e. The summed E-state index contributed by atoms with van der Waals surface area (Å²) in [6.07, 6.45) is 2.15. The fraction of sp³-hybridized carbons (Fsp3) is 0.316. The van der Waals surface area contributed by atoms with Crippen LogP contribution in [0.4, 0.5) is 5.69 Å². The van der Waals surface area contributed by atoms with Crippen LogP contribution in [0.25, 0.3) is 10.6 Å². The third-order valence-electron chi connectivity index (χ3n) is 4.81. The van der Waals surface area contributed by atoms with Crippen molar-refractivity contribution in [3.8, 4) is 22.1 Å². The Hall–Kier alpha value is -2.56. The Bertz CT molecular complexity index is 1110. The van der Waals surface area contributed by atoms with E-state index in [2.05, 4.69) is 14.8 Å². The number of likely N-dealkylation sites (N-methyl/N-ethyl adjacent to an activating group) is 1. The number of aromatic nitrogens is 1. The lowest BCUT2D eigenvalue weighted by Crippen LogP contribution is -2.38. The molecule has 1 aromatic carbocycles. The third kappa shape index (κ3) is 3.83. The van der Waals surface area contributed by atoms with E-state index in [1.807, 2.05) is 14.1 Å². The molecule has 2 aromatic heterocycles. The number of anilines is 1. The van der Waals surface area contributed by atoms with Gasteiger partial charge in [0.25, 0.3) is 10.0 Å². The Labute approximate surface area is 173 Å². The normalized spacial score (nSPS) is 16.3. The molecule has 0 spiro atoms. The van der Waals surface area contributed by atoms with Gasteiger partial charge in [0.05, 0.1) is 17.7 Å². The van der Waals surface area contributed by atoms with E-state index >= 15 is 0 Å². The van der Waals surface area contributed by atoms with E-state index < -0.39 is 10.0 Å². The zero-order chi connectivity index (χ0) is 20.6. The van der Waals surface area contributed by atoms with E-state index in [4.69, 9.17) is 14.0 Å². The molecule has 154 valence electrons. The number of hydrogen-bond donors (Lipinski definition) is 1. The summed E-state index contributed by atoms with van der Waals surface area (Å²) in [5.74, 6) is 1.19. The first kappa shape index (κ1) is 19.7. The van der Waals surface area contributed by atoms with Crippen LogP contribution in [-0.2, 0) is 16.4 Å². The number of nitrogens with zero attached hydrogens (tertiary/aromatic N) is 2. The predicted octanol–water partition coefficient (Wildman–Crippen LogP) is 3.08. The molecule has 10 heteroatoms. The van der Waals surface area contributed by atoms with Gasteiger partial charge < -0.3 is 18.9 Å². The average molecular weight is 436 g/mol. The number of ether oxygens (including phenoxy) is 2. The highest BCUT2D eigenvalue weighted by Gasteiger charge is 2.29. The highest BCUT2D eigenvalue weighted by molar-refractivity contribution is 7.94. The number of nitrogens with one attached hydrogen (secondary N) is 1. The SMILES string of the molecule is COc1ccc(NS(=O)(=O)c2ccc(-c3ccon3)s2)c2c1C[C@@H](N(C)C)CO2. The van der Waals surface area contributed by atoms with E-state index in [9.17, 15) is 8.42 Å². The molecule has 1 aliphatic rings. The smallest absolute Gasteiger partial charge is 0.271 e. The molecule has 1 aliphatic heterocycles. The minimum Gasteiger partial charge on any atom is -0.496 e. The van der Waals surface area contributed by atoms with Gasteiger partial charge in [-0.05, 0) is 44.8 Å². The fourth-order valence-electron chi connectivity index (χ4n) is 3.18. The number of sulfonamides is 1. The van der Waals surface area contributed by atoms with E-state index in [0.29, 0.717) is 40.8 Å². The van der Waals surface area contributed by atoms with E-state index in [0.717, 1.165) is 16.9 Å². The van der Waals surface area contributed by atoms with Gasteiger partial charge >= 0.3 is 0 Å². The summed E-state index contributed by atoms with van der Waals surface area (Å²) in [6, 6.07) is 8.55. The Morgan fingerprint density at radius 3 is 2.76 bits per heavy atom. The molecule has 0 saturated carbocycles. The number of thiophene rings is 1. The second-order valence-electron chi connectivity index (χ2n) is 6.86. The van der Waals surface area contributed by atoms with Crippen LogP contribution in [0.2, 0.25) is 0 Å². The highest BCUT2D eigenvalue weighted by atomic mass is 32.2. The van der Waals surface area contributed by atoms with E-state index in [1.165, 1.54) is 6.26 Å². The summed E-state index contributed by atoms with van der Waals surface area (Å²) in [7, 11) is 1.78. The summed E-state index contributed by atoms with van der Waals surface area (Å²) in [6.45, 7) is 0.469. The van der Waals surface area contributed by atoms with Gasteiger partial charge in [-0.1, -0.05) is 5.16 Å². The lowest BCUT2D eigenvalue weighted by Gasteiger charge is -2.32. The number of benzene rings is 1. The minimum absolute atomic E-state index is 0.182. The molecule has 0 saturated heterocycles. The first-order valence-corrected chi connectivity index (χ1v) is 11.2. The summed E-state index contributed by atoms with van der Waals surface area (Å²) in [5, 5.41) is 3.85. The van der Waals surface area contributed by atoms with Crippen molar-refractivity contribution in [1.82, 2.24) is 10.1 Å². The molecule has 3 heterocycles. The zero-order valence-corrected chi connectivity index (χ0v) is 17.8. The third-order valence-corrected chi connectivity index (χ3v) is 7.77. The maximum atomic E-state index is 13.0. The fourth-order valence-corrected chi connectivity index (χ4v) is 5.51. The monoisotopic (exact) mass is 435 g/mol. The van der Waals surface area contributed by atoms with Crippen LogP contribution in [0.3, 0.4) is 0 Å². The molecule has 0 fully saturated rings. The number of rotatable bonds is 6. The highest BCUT2D eigenvalue weighted by Crippen LogP contribution is 2.41. The molecular formula is C19H21N3O5S2. The van der Waals surface area contributed by atoms with Crippen molar-refractivity contribution in [1.29, 1.82) is 0 Å². The standard InChI is InChI=1S/C19H21N3O5S2/c1-22(2)12-10-13-16(25-3)5-4-15(19(13)26-11-12)21-29(23,24)18-7-6-17(28-18)14-8-9-27-20-14/h4-9,12,21H,10-11H2,1-3H3/t12-/m1/s1. The molecular weight excluding hydrogens is 414 g/mol. The van der Waals surface area contributed by atoms with Gasteiger partial charge in [0.2, 0.25) is 0 Å². The van der Waals surface area contributed by atoms with Crippen LogP contribution in [-0.4, -0.2) is 52.3 Å². The quantitative estimate of drug-likeness (QED) is 0.636. The number of methoxy groups -OCH3 is 1. The van der Waals surface area contributed by atoms with E-state index in [1.54, 1.807) is 37.4 Å². The summed E-state index contributed by atoms with van der Waals surface area (Å²) in [5.41, 5.74) is 1.85. The molecule has 0 radical (unpaired) electrons. The van der Waals surface area contributed by atoms with Crippen LogP contribution >= 0.6 is 11.3 Å². The van der Waals surface area contributed by atoms with Crippen LogP contribution < -0.4 is 14.2 Å². The second-order valence-corrected chi connectivity index (χ2v) is 9.86. The first-order valence-electron chi connectivity index (χ1n) is 8.91. The topological polar surface area (TPSA) is 93.9 Å². The summed E-state index contributed by atoms with van der Waals surface area (Å²) < 4.78 is 45.0. The largest absolute Gasteiger partial charge is 0.496 e. The zero-order valence-electron chi connectivity index (χ0n) is 16.2. The number of fused-ring (bicyclic) bond motifs is 1. The van der Waals surface area contributed by atoms with E-state index in [-0.39, 0.29) is 10.3 Å². The van der Waals surface area contributed by atoms with Crippen molar-refractivity contribution >= 4 is 27.0 Å². The Morgan fingerprint density at radius 2 is 2.07 bits per heavy atom. The van der Waals surface area contributed by atoms with Gasteiger partial charge in [0.1, 0.15) is 34.3 Å². The van der Waals surface area contributed by atoms with Gasteiger partial charge in [-0.25, -0.2) is 8.42 Å².